The Morgan fingerprint density at radius 3 is 2.55 bits per heavy atom. The molecular weight excluding hydrogens is 571 g/mol. The van der Waals surface area contributed by atoms with Gasteiger partial charge in [-0.15, -0.1) is 0 Å². The van der Waals surface area contributed by atoms with E-state index in [1.165, 1.54) is 18.2 Å². The minimum atomic E-state index is -1.07. The molecule has 0 aliphatic carbocycles. The number of carboxylic acids is 1. The summed E-state index contributed by atoms with van der Waals surface area (Å²) in [4.78, 5) is 30.2. The average molecular weight is 596 g/mol. The molecule has 5 rings (SSSR count). The van der Waals surface area contributed by atoms with Gasteiger partial charge in [0.15, 0.2) is 5.11 Å². The van der Waals surface area contributed by atoms with Crippen LogP contribution in [0.5, 0.6) is 0 Å². The van der Waals surface area contributed by atoms with E-state index < -0.39 is 12.0 Å². The zero-order valence-corrected chi connectivity index (χ0v) is 23.7. The molecule has 0 radical (unpaired) electrons. The number of carbonyl (C=O) groups is 2. The SMILES string of the molecule is CC(C)C(=O)Nc1ccc(N2C(=S)NC(c3ccccn3)C2c2ccc(-c3cc(C(=O)O)ccc3Cl)o2)cc1Cl. The third-order valence-electron chi connectivity index (χ3n) is 6.51. The van der Waals surface area contributed by atoms with E-state index in [1.54, 1.807) is 44.3 Å². The standard InChI is InChI=1S/C29H24Cl2N4O4S/c1-15(2)27(36)33-21-9-7-17(14-20(21)31)35-26(25(34-29(35)40)22-5-3-4-12-32-22)24-11-10-23(39-24)18-13-16(28(37)38)6-8-19(18)30/h3-15,25-26H,1-2H3,(H,33,36)(H,34,40)(H,37,38). The van der Waals surface area contributed by atoms with E-state index in [2.05, 4.69) is 15.6 Å². The maximum absolute atomic E-state index is 12.2. The number of nitrogens with zero attached hydrogens (tertiary/aromatic N) is 2. The number of aromatic nitrogens is 1. The van der Waals surface area contributed by atoms with Gasteiger partial charge in [0.05, 0.1) is 33.0 Å². The van der Waals surface area contributed by atoms with Gasteiger partial charge in [0.25, 0.3) is 0 Å². The summed E-state index contributed by atoms with van der Waals surface area (Å²) in [6.07, 6.45) is 1.70. The average Bonchev–Trinajstić information content (AvgIpc) is 3.55. The summed E-state index contributed by atoms with van der Waals surface area (Å²) in [7, 11) is 0. The number of carboxylic acid groups (broad SMARTS) is 1. The monoisotopic (exact) mass is 594 g/mol. The lowest BCUT2D eigenvalue weighted by Crippen LogP contribution is -2.29. The topological polar surface area (TPSA) is 108 Å². The zero-order chi connectivity index (χ0) is 28.6. The van der Waals surface area contributed by atoms with Crippen LogP contribution in [0.3, 0.4) is 0 Å². The number of aromatic carboxylic acids is 1. The Morgan fingerprint density at radius 1 is 1.07 bits per heavy atom. The number of nitrogens with one attached hydrogen (secondary N) is 2. The Hall–Kier alpha value is -3.92. The lowest BCUT2D eigenvalue weighted by molar-refractivity contribution is -0.118. The van der Waals surface area contributed by atoms with Crippen molar-refractivity contribution >= 4 is 63.8 Å². The fourth-order valence-electron chi connectivity index (χ4n) is 4.46. The first kappa shape index (κ1) is 27.6. The number of rotatable bonds is 7. The van der Waals surface area contributed by atoms with Crippen molar-refractivity contribution < 1.29 is 19.1 Å². The molecule has 0 bridgehead atoms. The third kappa shape index (κ3) is 5.40. The largest absolute Gasteiger partial charge is 0.478 e. The maximum Gasteiger partial charge on any atom is 0.335 e. The van der Waals surface area contributed by atoms with Gasteiger partial charge < -0.3 is 25.1 Å². The van der Waals surface area contributed by atoms with Gasteiger partial charge in [0.1, 0.15) is 17.6 Å². The first-order chi connectivity index (χ1) is 19.1. The summed E-state index contributed by atoms with van der Waals surface area (Å²) in [5.74, 6) is -0.461. The van der Waals surface area contributed by atoms with Gasteiger partial charge in [0, 0.05) is 23.4 Å². The molecular formula is C29H24Cl2N4O4S. The van der Waals surface area contributed by atoms with Crippen LogP contribution >= 0.6 is 35.4 Å². The second-order valence-electron chi connectivity index (χ2n) is 9.51. The molecule has 1 aliphatic rings. The molecule has 2 unspecified atom stereocenters. The smallest absolute Gasteiger partial charge is 0.335 e. The highest BCUT2D eigenvalue weighted by molar-refractivity contribution is 7.80. The van der Waals surface area contributed by atoms with Gasteiger partial charge in [0.2, 0.25) is 5.91 Å². The molecule has 3 N–H and O–H groups in total. The number of anilines is 2. The molecule has 2 aromatic carbocycles. The number of hydrogen-bond donors (Lipinski definition) is 3. The van der Waals surface area contributed by atoms with E-state index in [4.69, 9.17) is 39.8 Å². The van der Waals surface area contributed by atoms with Crippen LogP contribution in [-0.4, -0.2) is 27.1 Å². The minimum absolute atomic E-state index is 0.0911. The molecule has 1 fully saturated rings. The van der Waals surface area contributed by atoms with E-state index in [0.29, 0.717) is 43.6 Å². The van der Waals surface area contributed by atoms with Gasteiger partial charge in [-0.1, -0.05) is 43.1 Å². The van der Waals surface area contributed by atoms with Crippen LogP contribution in [0.2, 0.25) is 10.0 Å². The van der Waals surface area contributed by atoms with E-state index in [9.17, 15) is 14.7 Å². The molecule has 204 valence electrons. The summed E-state index contributed by atoms with van der Waals surface area (Å²) >= 11 is 18.8. The van der Waals surface area contributed by atoms with E-state index in [0.717, 1.165) is 5.69 Å². The summed E-state index contributed by atoms with van der Waals surface area (Å²) in [5.41, 5.74) is 2.46. The van der Waals surface area contributed by atoms with E-state index in [1.807, 2.05) is 29.2 Å². The third-order valence-corrected chi connectivity index (χ3v) is 7.47. The number of thiocarbonyl (C=S) groups is 1. The van der Waals surface area contributed by atoms with Crippen LogP contribution in [0.1, 0.15) is 47.7 Å². The summed E-state index contributed by atoms with van der Waals surface area (Å²) in [6.45, 7) is 3.61. The molecule has 4 aromatic rings. The Kier molecular flexibility index (Phi) is 7.80. The van der Waals surface area contributed by atoms with Crippen molar-refractivity contribution in [3.63, 3.8) is 0 Å². The first-order valence-corrected chi connectivity index (χ1v) is 13.5. The van der Waals surface area contributed by atoms with Gasteiger partial charge in [-0.25, -0.2) is 4.79 Å². The summed E-state index contributed by atoms with van der Waals surface area (Å²) in [5, 5.41) is 16.8. The molecule has 11 heteroatoms. The van der Waals surface area contributed by atoms with E-state index in [-0.39, 0.29) is 23.4 Å². The van der Waals surface area contributed by atoms with Crippen LogP contribution in [0, 0.1) is 5.92 Å². The fourth-order valence-corrected chi connectivity index (χ4v) is 5.24. The second-order valence-corrected chi connectivity index (χ2v) is 10.7. The normalized spacial score (nSPS) is 16.7. The van der Waals surface area contributed by atoms with Crippen molar-refractivity contribution in [1.82, 2.24) is 10.3 Å². The summed E-state index contributed by atoms with van der Waals surface area (Å²) in [6, 6.07) is 18.0. The Balaban J connectivity index is 1.57. The molecule has 2 atom stereocenters. The van der Waals surface area contributed by atoms with E-state index >= 15 is 0 Å². The minimum Gasteiger partial charge on any atom is -0.478 e. The van der Waals surface area contributed by atoms with Crippen LogP contribution in [-0.2, 0) is 4.79 Å². The van der Waals surface area contributed by atoms with Gasteiger partial charge in [-0.3, -0.25) is 9.78 Å². The van der Waals surface area contributed by atoms with Crippen LogP contribution in [0.4, 0.5) is 11.4 Å². The number of benzene rings is 2. The summed E-state index contributed by atoms with van der Waals surface area (Å²) < 4.78 is 6.32. The van der Waals surface area contributed by atoms with Crippen molar-refractivity contribution in [3.05, 3.63) is 100.0 Å². The molecule has 1 saturated heterocycles. The van der Waals surface area contributed by atoms with Crippen LogP contribution in [0.25, 0.3) is 11.3 Å². The van der Waals surface area contributed by atoms with Crippen molar-refractivity contribution in [2.45, 2.75) is 25.9 Å². The fraction of sp³-hybridized carbons (Fsp3) is 0.172. The first-order valence-electron chi connectivity index (χ1n) is 12.4. The predicted octanol–water partition coefficient (Wildman–Crippen LogP) is 7.12. The van der Waals surface area contributed by atoms with Crippen molar-refractivity contribution in [2.75, 3.05) is 10.2 Å². The highest BCUT2D eigenvalue weighted by Crippen LogP contribution is 2.44. The number of halogens is 2. The highest BCUT2D eigenvalue weighted by atomic mass is 35.5. The second kappa shape index (κ2) is 11.3. The maximum atomic E-state index is 12.2. The Labute approximate surface area is 245 Å². The van der Waals surface area contributed by atoms with Crippen molar-refractivity contribution in [2.24, 2.45) is 5.92 Å². The Morgan fingerprint density at radius 2 is 1.88 bits per heavy atom. The molecule has 2 aromatic heterocycles. The lowest BCUT2D eigenvalue weighted by atomic mass is 10.0. The Bertz CT molecular complexity index is 1610. The molecule has 1 amide bonds. The number of hydrogen-bond acceptors (Lipinski definition) is 5. The predicted molar refractivity (Wildman–Crippen MR) is 159 cm³/mol. The molecule has 3 heterocycles. The molecule has 1 aliphatic heterocycles. The molecule has 0 spiro atoms. The molecule has 40 heavy (non-hydrogen) atoms. The highest BCUT2D eigenvalue weighted by Gasteiger charge is 2.42. The number of amides is 1. The van der Waals surface area contributed by atoms with Gasteiger partial charge in [-0.2, -0.15) is 0 Å². The number of furan rings is 1. The van der Waals surface area contributed by atoms with Gasteiger partial charge in [-0.05, 0) is 72.9 Å². The molecule has 8 nitrogen and oxygen atoms in total. The molecule has 0 saturated carbocycles. The van der Waals surface area contributed by atoms with Gasteiger partial charge >= 0.3 is 5.97 Å². The van der Waals surface area contributed by atoms with Crippen LogP contribution < -0.4 is 15.5 Å². The number of pyridine rings is 1. The quantitative estimate of drug-likeness (QED) is 0.194. The lowest BCUT2D eigenvalue weighted by Gasteiger charge is -2.26. The van der Waals surface area contributed by atoms with Crippen molar-refractivity contribution in [3.8, 4) is 11.3 Å². The number of carbonyl (C=O) groups excluding carboxylic acids is 1. The van der Waals surface area contributed by atoms with Crippen LogP contribution in [0.15, 0.2) is 77.3 Å². The zero-order valence-electron chi connectivity index (χ0n) is 21.4. The van der Waals surface area contributed by atoms with Crippen molar-refractivity contribution in [1.29, 1.82) is 0 Å².